The Bertz CT molecular complexity index is 1360. The number of esters is 1. The van der Waals surface area contributed by atoms with E-state index in [0.717, 1.165) is 11.8 Å². The molecule has 0 unspecified atom stereocenters. The maximum absolute atomic E-state index is 14.4. The van der Waals surface area contributed by atoms with Crippen molar-refractivity contribution in [3.8, 4) is 5.69 Å². The average Bonchev–Trinajstić information content (AvgIpc) is 3.16. The van der Waals surface area contributed by atoms with Crippen LogP contribution in [-0.2, 0) is 9.47 Å². The minimum atomic E-state index is -1.00. The lowest BCUT2D eigenvalue weighted by molar-refractivity contribution is 0.0603. The molecule has 1 aliphatic rings. The molecule has 3 heterocycles. The molecular formula is C23H20F2N4O3. The summed E-state index contributed by atoms with van der Waals surface area (Å²) in [6.45, 7) is 4.33. The van der Waals surface area contributed by atoms with E-state index in [1.54, 1.807) is 19.1 Å². The Morgan fingerprint density at radius 3 is 2.66 bits per heavy atom. The van der Waals surface area contributed by atoms with Crippen LogP contribution in [0, 0.1) is 18.6 Å². The SMILES string of the molecule is COC(=O)c1cc(N2CCOCC2)cc2c1nc(C)n2-c1ccnc2c(F)c(F)ccc12. The van der Waals surface area contributed by atoms with Crippen molar-refractivity contribution in [2.24, 2.45) is 0 Å². The molecule has 9 heteroatoms. The molecule has 2 aromatic heterocycles. The number of rotatable bonds is 3. The predicted octanol–water partition coefficient (Wildman–Crippen LogP) is 3.78. The van der Waals surface area contributed by atoms with Crippen molar-refractivity contribution in [2.45, 2.75) is 6.92 Å². The Morgan fingerprint density at radius 1 is 1.12 bits per heavy atom. The molecule has 2 aromatic carbocycles. The third kappa shape index (κ3) is 3.16. The van der Waals surface area contributed by atoms with E-state index >= 15 is 0 Å². The molecule has 0 saturated carbocycles. The summed E-state index contributed by atoms with van der Waals surface area (Å²) in [4.78, 5) is 23.4. The van der Waals surface area contributed by atoms with Crippen molar-refractivity contribution < 1.29 is 23.0 Å². The second-order valence-electron chi connectivity index (χ2n) is 7.53. The normalized spacial score (nSPS) is 14.3. The van der Waals surface area contributed by atoms with E-state index in [9.17, 15) is 13.6 Å². The molecule has 0 atom stereocenters. The van der Waals surface area contributed by atoms with Crippen LogP contribution in [0.4, 0.5) is 14.5 Å². The van der Waals surface area contributed by atoms with Crippen molar-refractivity contribution in [2.75, 3.05) is 38.3 Å². The summed E-state index contributed by atoms with van der Waals surface area (Å²) in [5.41, 5.74) is 2.81. The smallest absolute Gasteiger partial charge is 0.340 e. The number of morpholine rings is 1. The summed E-state index contributed by atoms with van der Waals surface area (Å²) < 4.78 is 40.5. The van der Waals surface area contributed by atoms with E-state index in [0.29, 0.717) is 59.8 Å². The van der Waals surface area contributed by atoms with Gasteiger partial charge in [-0.2, -0.15) is 0 Å². The number of ether oxygens (including phenoxy) is 2. The van der Waals surface area contributed by atoms with Gasteiger partial charge in [0.1, 0.15) is 16.9 Å². The number of hydrogen-bond donors (Lipinski definition) is 0. The minimum absolute atomic E-state index is 0.0683. The number of imidazole rings is 1. The first-order valence-electron chi connectivity index (χ1n) is 10.2. The quantitative estimate of drug-likeness (QED) is 0.454. The zero-order valence-electron chi connectivity index (χ0n) is 17.6. The third-order valence-corrected chi connectivity index (χ3v) is 5.72. The van der Waals surface area contributed by atoms with Gasteiger partial charge in [-0.25, -0.2) is 18.6 Å². The molecule has 0 aliphatic carbocycles. The standard InChI is InChI=1S/C23H20F2N4O3/c1-13-27-21-16(23(30)31-2)11-14(28-7-9-32-10-8-28)12-19(21)29(13)18-5-6-26-22-15(18)3-4-17(24)20(22)25/h3-6,11-12H,7-10H2,1-2H3. The van der Waals surface area contributed by atoms with Crippen LogP contribution in [0.3, 0.4) is 0 Å². The van der Waals surface area contributed by atoms with Crippen molar-refractivity contribution in [1.82, 2.24) is 14.5 Å². The van der Waals surface area contributed by atoms with Gasteiger partial charge in [-0.15, -0.1) is 0 Å². The molecule has 0 spiro atoms. The molecule has 0 N–H and O–H groups in total. The van der Waals surface area contributed by atoms with Crippen molar-refractivity contribution in [3.63, 3.8) is 0 Å². The van der Waals surface area contributed by atoms with Gasteiger partial charge in [0.15, 0.2) is 11.6 Å². The highest BCUT2D eigenvalue weighted by Gasteiger charge is 2.23. The lowest BCUT2D eigenvalue weighted by Gasteiger charge is -2.29. The van der Waals surface area contributed by atoms with Crippen molar-refractivity contribution >= 4 is 33.6 Å². The van der Waals surface area contributed by atoms with Gasteiger partial charge < -0.3 is 14.4 Å². The van der Waals surface area contributed by atoms with Crippen LogP contribution >= 0.6 is 0 Å². The first-order chi connectivity index (χ1) is 15.5. The number of nitrogens with zero attached hydrogens (tertiary/aromatic N) is 4. The molecule has 1 aliphatic heterocycles. The number of fused-ring (bicyclic) bond motifs is 2. The molecule has 164 valence electrons. The summed E-state index contributed by atoms with van der Waals surface area (Å²) in [5, 5.41) is 0.435. The number of benzene rings is 2. The number of carbonyl (C=O) groups excluding carboxylic acids is 1. The van der Waals surface area contributed by atoms with Crippen LogP contribution in [0.2, 0.25) is 0 Å². The lowest BCUT2D eigenvalue weighted by atomic mass is 10.1. The number of anilines is 1. The number of pyridine rings is 1. The Hall–Kier alpha value is -3.59. The van der Waals surface area contributed by atoms with E-state index in [2.05, 4.69) is 14.9 Å². The van der Waals surface area contributed by atoms with Crippen LogP contribution in [-0.4, -0.2) is 53.9 Å². The van der Waals surface area contributed by atoms with Crippen LogP contribution in [0.1, 0.15) is 16.2 Å². The third-order valence-electron chi connectivity index (χ3n) is 5.72. The molecule has 32 heavy (non-hydrogen) atoms. The minimum Gasteiger partial charge on any atom is -0.465 e. The number of aromatic nitrogens is 3. The Morgan fingerprint density at radius 2 is 1.91 bits per heavy atom. The molecular weight excluding hydrogens is 418 g/mol. The van der Waals surface area contributed by atoms with E-state index in [1.807, 2.05) is 10.6 Å². The fraction of sp³-hybridized carbons (Fsp3) is 0.261. The number of methoxy groups -OCH3 is 1. The van der Waals surface area contributed by atoms with Crippen LogP contribution in [0.5, 0.6) is 0 Å². The summed E-state index contributed by atoms with van der Waals surface area (Å²) in [6.07, 6.45) is 1.43. The molecule has 0 amide bonds. The zero-order valence-corrected chi connectivity index (χ0v) is 17.6. The van der Waals surface area contributed by atoms with Gasteiger partial charge in [0.05, 0.1) is 37.1 Å². The van der Waals surface area contributed by atoms with Gasteiger partial charge in [0.2, 0.25) is 0 Å². The Labute approximate surface area is 182 Å². The maximum atomic E-state index is 14.4. The molecule has 4 aromatic rings. The van der Waals surface area contributed by atoms with Crippen LogP contribution in [0.15, 0.2) is 36.5 Å². The molecule has 7 nitrogen and oxygen atoms in total. The van der Waals surface area contributed by atoms with E-state index in [-0.39, 0.29) is 5.52 Å². The van der Waals surface area contributed by atoms with Crippen molar-refractivity contribution in [1.29, 1.82) is 0 Å². The highest BCUT2D eigenvalue weighted by atomic mass is 19.2. The molecule has 1 fully saturated rings. The summed E-state index contributed by atoms with van der Waals surface area (Å²) >= 11 is 0. The predicted molar refractivity (Wildman–Crippen MR) is 115 cm³/mol. The van der Waals surface area contributed by atoms with Crippen molar-refractivity contribution in [3.05, 3.63) is 59.6 Å². The zero-order chi connectivity index (χ0) is 22.4. The highest BCUT2D eigenvalue weighted by Crippen LogP contribution is 2.33. The average molecular weight is 438 g/mol. The van der Waals surface area contributed by atoms with Crippen LogP contribution < -0.4 is 4.90 Å². The summed E-state index contributed by atoms with van der Waals surface area (Å²) in [5.74, 6) is -1.88. The number of aryl methyl sites for hydroxylation is 1. The summed E-state index contributed by atoms with van der Waals surface area (Å²) in [7, 11) is 1.33. The van der Waals surface area contributed by atoms with Gasteiger partial charge in [-0.05, 0) is 37.3 Å². The fourth-order valence-electron chi connectivity index (χ4n) is 4.19. The largest absolute Gasteiger partial charge is 0.465 e. The number of carbonyl (C=O) groups is 1. The van der Waals surface area contributed by atoms with E-state index in [1.165, 1.54) is 19.4 Å². The van der Waals surface area contributed by atoms with Gasteiger partial charge in [-0.3, -0.25) is 9.55 Å². The monoisotopic (exact) mass is 438 g/mol. The lowest BCUT2D eigenvalue weighted by Crippen LogP contribution is -2.36. The first kappa shape index (κ1) is 20.3. The van der Waals surface area contributed by atoms with Crippen LogP contribution in [0.25, 0.3) is 27.6 Å². The molecule has 5 rings (SSSR count). The summed E-state index contributed by atoms with van der Waals surface area (Å²) in [6, 6.07) is 8.01. The van der Waals surface area contributed by atoms with Gasteiger partial charge in [0.25, 0.3) is 0 Å². The Balaban J connectivity index is 1.81. The Kier molecular flexibility index (Phi) is 4.97. The fourth-order valence-corrected chi connectivity index (χ4v) is 4.19. The topological polar surface area (TPSA) is 69.5 Å². The van der Waals surface area contributed by atoms with E-state index in [4.69, 9.17) is 9.47 Å². The maximum Gasteiger partial charge on any atom is 0.340 e. The highest BCUT2D eigenvalue weighted by molar-refractivity contribution is 6.05. The number of hydrogen-bond acceptors (Lipinski definition) is 6. The molecule has 0 radical (unpaired) electrons. The second-order valence-corrected chi connectivity index (χ2v) is 7.53. The van der Waals surface area contributed by atoms with Gasteiger partial charge in [0, 0.05) is 30.4 Å². The molecule has 0 bridgehead atoms. The van der Waals surface area contributed by atoms with Gasteiger partial charge >= 0.3 is 5.97 Å². The second kappa shape index (κ2) is 7.83. The van der Waals surface area contributed by atoms with E-state index < -0.39 is 17.6 Å². The molecule has 1 saturated heterocycles. The first-order valence-corrected chi connectivity index (χ1v) is 10.2. The van der Waals surface area contributed by atoms with Gasteiger partial charge in [-0.1, -0.05) is 0 Å². The number of halogens is 2.